The Labute approximate surface area is 166 Å². The van der Waals surface area contributed by atoms with Crippen molar-refractivity contribution in [2.24, 2.45) is 0 Å². The molecule has 146 valence electrons. The van der Waals surface area contributed by atoms with Crippen LogP contribution in [0.3, 0.4) is 0 Å². The van der Waals surface area contributed by atoms with Crippen molar-refractivity contribution in [1.29, 1.82) is 0 Å². The second-order valence-corrected chi connectivity index (χ2v) is 6.19. The number of hydrogen-bond donors (Lipinski definition) is 3. The topological polar surface area (TPSA) is 114 Å². The van der Waals surface area contributed by atoms with Crippen LogP contribution in [-0.4, -0.2) is 28.6 Å². The first-order valence-electron chi connectivity index (χ1n) is 8.74. The molecule has 1 aliphatic heterocycles. The predicted octanol–water partition coefficient (Wildman–Crippen LogP) is 3.16. The average molecular weight is 391 g/mol. The quantitative estimate of drug-likeness (QED) is 0.612. The van der Waals surface area contributed by atoms with Gasteiger partial charge in [-0.2, -0.15) is 0 Å². The molecule has 2 amide bonds. The molecule has 0 radical (unpaired) electrons. The van der Waals surface area contributed by atoms with Crippen LogP contribution in [0.2, 0.25) is 0 Å². The van der Waals surface area contributed by atoms with Crippen molar-refractivity contribution in [3.05, 3.63) is 60.6 Å². The molecule has 0 saturated heterocycles. The van der Waals surface area contributed by atoms with E-state index in [-0.39, 0.29) is 24.3 Å². The molecule has 3 N–H and O–H groups in total. The van der Waals surface area contributed by atoms with E-state index in [2.05, 4.69) is 25.9 Å². The second kappa shape index (κ2) is 7.85. The van der Waals surface area contributed by atoms with Gasteiger partial charge in [0.1, 0.15) is 17.8 Å². The first kappa shape index (κ1) is 18.2. The molecule has 9 heteroatoms. The Bertz CT molecular complexity index is 1070. The standard InChI is InChI=1S/C20H17N5O4/c1-12(26)23-13-2-4-14(5-3-13)25-20(27)16-9-19(22-10-21-16)24-15-6-7-17-18(8-15)29-11-28-17/h2-10H,11H2,1H3,(H,23,26)(H,25,27)(H,21,22,24). The van der Waals surface area contributed by atoms with Gasteiger partial charge in [0.2, 0.25) is 12.7 Å². The third kappa shape index (κ3) is 4.41. The zero-order valence-electron chi connectivity index (χ0n) is 15.4. The van der Waals surface area contributed by atoms with E-state index in [1.165, 1.54) is 13.3 Å². The molecule has 0 unspecified atom stereocenters. The predicted molar refractivity (Wildman–Crippen MR) is 107 cm³/mol. The van der Waals surface area contributed by atoms with Crippen LogP contribution in [0.15, 0.2) is 54.9 Å². The molecule has 1 aliphatic rings. The van der Waals surface area contributed by atoms with E-state index < -0.39 is 0 Å². The van der Waals surface area contributed by atoms with E-state index in [1.807, 2.05) is 6.07 Å². The lowest BCUT2D eigenvalue weighted by Gasteiger charge is -2.09. The highest BCUT2D eigenvalue weighted by molar-refractivity contribution is 6.03. The van der Waals surface area contributed by atoms with Crippen LogP contribution in [-0.2, 0) is 4.79 Å². The number of carbonyl (C=O) groups is 2. The fourth-order valence-corrected chi connectivity index (χ4v) is 2.71. The average Bonchev–Trinajstić information content (AvgIpc) is 3.17. The summed E-state index contributed by atoms with van der Waals surface area (Å²) in [6, 6.07) is 13.7. The molecule has 9 nitrogen and oxygen atoms in total. The molecule has 0 bridgehead atoms. The molecule has 4 rings (SSSR count). The molecule has 0 saturated carbocycles. The molecule has 0 fully saturated rings. The number of anilines is 4. The number of benzene rings is 2. The molecule has 0 atom stereocenters. The largest absolute Gasteiger partial charge is 0.454 e. The Morgan fingerprint density at radius 2 is 1.55 bits per heavy atom. The number of fused-ring (bicyclic) bond motifs is 1. The van der Waals surface area contributed by atoms with Crippen LogP contribution in [0.1, 0.15) is 17.4 Å². The van der Waals surface area contributed by atoms with Crippen LogP contribution >= 0.6 is 0 Å². The lowest BCUT2D eigenvalue weighted by atomic mass is 10.2. The SMILES string of the molecule is CC(=O)Nc1ccc(NC(=O)c2cc(Nc3ccc4c(c3)OCO4)ncn2)cc1. The summed E-state index contributed by atoms with van der Waals surface area (Å²) in [6.45, 7) is 1.63. The molecule has 0 spiro atoms. The van der Waals surface area contributed by atoms with Crippen LogP contribution in [0.5, 0.6) is 11.5 Å². The summed E-state index contributed by atoms with van der Waals surface area (Å²) >= 11 is 0. The van der Waals surface area contributed by atoms with Crippen molar-refractivity contribution in [1.82, 2.24) is 9.97 Å². The Balaban J connectivity index is 1.43. The van der Waals surface area contributed by atoms with Gasteiger partial charge in [0.25, 0.3) is 5.91 Å². The highest BCUT2D eigenvalue weighted by atomic mass is 16.7. The van der Waals surface area contributed by atoms with Gasteiger partial charge < -0.3 is 25.4 Å². The van der Waals surface area contributed by atoms with Crippen LogP contribution in [0.4, 0.5) is 22.9 Å². The number of carbonyl (C=O) groups excluding carboxylic acids is 2. The lowest BCUT2D eigenvalue weighted by molar-refractivity contribution is -0.114. The highest BCUT2D eigenvalue weighted by Gasteiger charge is 2.14. The normalized spacial score (nSPS) is 11.6. The van der Waals surface area contributed by atoms with Crippen molar-refractivity contribution in [3.8, 4) is 11.5 Å². The first-order chi connectivity index (χ1) is 14.1. The molecule has 2 heterocycles. The van der Waals surface area contributed by atoms with Gasteiger partial charge in [-0.1, -0.05) is 0 Å². The van der Waals surface area contributed by atoms with Gasteiger partial charge in [-0.05, 0) is 36.4 Å². The number of aromatic nitrogens is 2. The molecule has 29 heavy (non-hydrogen) atoms. The van der Waals surface area contributed by atoms with Gasteiger partial charge in [-0.3, -0.25) is 9.59 Å². The minimum atomic E-state index is -0.381. The van der Waals surface area contributed by atoms with E-state index in [1.54, 1.807) is 42.5 Å². The third-order valence-electron chi connectivity index (χ3n) is 4.01. The Hall–Kier alpha value is -4.14. The van der Waals surface area contributed by atoms with Gasteiger partial charge >= 0.3 is 0 Å². The fourth-order valence-electron chi connectivity index (χ4n) is 2.71. The van der Waals surface area contributed by atoms with Gasteiger partial charge in [0.15, 0.2) is 11.5 Å². The highest BCUT2D eigenvalue weighted by Crippen LogP contribution is 2.34. The molecule has 1 aromatic heterocycles. The Morgan fingerprint density at radius 3 is 2.31 bits per heavy atom. The number of rotatable bonds is 5. The summed E-state index contributed by atoms with van der Waals surface area (Å²) in [6.07, 6.45) is 1.31. The third-order valence-corrected chi connectivity index (χ3v) is 4.01. The first-order valence-corrected chi connectivity index (χ1v) is 8.74. The van der Waals surface area contributed by atoms with Crippen molar-refractivity contribution in [2.75, 3.05) is 22.7 Å². The second-order valence-electron chi connectivity index (χ2n) is 6.19. The van der Waals surface area contributed by atoms with E-state index >= 15 is 0 Å². The summed E-state index contributed by atoms with van der Waals surface area (Å²) < 4.78 is 10.6. The maximum atomic E-state index is 12.5. The van der Waals surface area contributed by atoms with Gasteiger partial charge in [0, 0.05) is 36.1 Å². The van der Waals surface area contributed by atoms with E-state index in [0.717, 1.165) is 5.69 Å². The van der Waals surface area contributed by atoms with Gasteiger partial charge in [-0.15, -0.1) is 0 Å². The maximum Gasteiger partial charge on any atom is 0.274 e. The van der Waals surface area contributed by atoms with E-state index in [4.69, 9.17) is 9.47 Å². The molecular weight excluding hydrogens is 374 g/mol. The van der Waals surface area contributed by atoms with Crippen LogP contribution in [0, 0.1) is 0 Å². The van der Waals surface area contributed by atoms with Crippen molar-refractivity contribution >= 4 is 34.7 Å². The zero-order chi connectivity index (χ0) is 20.2. The summed E-state index contributed by atoms with van der Waals surface area (Å²) in [5.74, 6) is 1.25. The summed E-state index contributed by atoms with van der Waals surface area (Å²) in [5.41, 5.74) is 2.17. The summed E-state index contributed by atoms with van der Waals surface area (Å²) in [5, 5.41) is 8.53. The molecular formula is C20H17N5O4. The van der Waals surface area contributed by atoms with Crippen LogP contribution < -0.4 is 25.4 Å². The number of hydrogen-bond acceptors (Lipinski definition) is 7. The number of nitrogens with zero attached hydrogens (tertiary/aromatic N) is 2. The Kier molecular flexibility index (Phi) is 4.93. The minimum Gasteiger partial charge on any atom is -0.454 e. The summed E-state index contributed by atoms with van der Waals surface area (Å²) in [4.78, 5) is 31.7. The zero-order valence-corrected chi connectivity index (χ0v) is 15.4. The van der Waals surface area contributed by atoms with E-state index in [0.29, 0.717) is 28.7 Å². The van der Waals surface area contributed by atoms with Crippen molar-refractivity contribution < 1.29 is 19.1 Å². The monoisotopic (exact) mass is 391 g/mol. The summed E-state index contributed by atoms with van der Waals surface area (Å²) in [7, 11) is 0. The molecule has 3 aromatic rings. The van der Waals surface area contributed by atoms with Crippen molar-refractivity contribution in [3.63, 3.8) is 0 Å². The number of ether oxygens (including phenoxy) is 2. The minimum absolute atomic E-state index is 0.162. The van der Waals surface area contributed by atoms with Crippen LogP contribution in [0.25, 0.3) is 0 Å². The van der Waals surface area contributed by atoms with Gasteiger partial charge in [-0.25, -0.2) is 9.97 Å². The lowest BCUT2D eigenvalue weighted by Crippen LogP contribution is -2.14. The fraction of sp³-hybridized carbons (Fsp3) is 0.100. The number of amides is 2. The van der Waals surface area contributed by atoms with Gasteiger partial charge in [0.05, 0.1) is 0 Å². The van der Waals surface area contributed by atoms with E-state index in [9.17, 15) is 9.59 Å². The maximum absolute atomic E-state index is 12.5. The smallest absolute Gasteiger partial charge is 0.274 e. The molecule has 2 aromatic carbocycles. The number of nitrogens with one attached hydrogen (secondary N) is 3. The Morgan fingerprint density at radius 1 is 0.862 bits per heavy atom. The van der Waals surface area contributed by atoms with Crippen molar-refractivity contribution in [2.45, 2.75) is 6.92 Å². The molecule has 0 aliphatic carbocycles.